The van der Waals surface area contributed by atoms with Crippen molar-refractivity contribution in [3.63, 3.8) is 0 Å². The van der Waals surface area contributed by atoms with Crippen LogP contribution in [0.25, 0.3) is 16.6 Å². The Labute approximate surface area is 142 Å². The van der Waals surface area contributed by atoms with Gasteiger partial charge in [0.15, 0.2) is 5.82 Å². The lowest BCUT2D eigenvalue weighted by molar-refractivity contribution is -0.137. The van der Waals surface area contributed by atoms with Crippen LogP contribution in [0.15, 0.2) is 48.5 Å². The zero-order valence-electron chi connectivity index (χ0n) is 13.4. The number of nitrogens with zero attached hydrogens (tertiary/aromatic N) is 3. The first-order chi connectivity index (χ1) is 12.0. The summed E-state index contributed by atoms with van der Waals surface area (Å²) >= 11 is 0. The molecule has 0 radical (unpaired) electrons. The first-order valence-corrected chi connectivity index (χ1v) is 8.15. The minimum Gasteiger partial charge on any atom is -0.352 e. The first kappa shape index (κ1) is 16.0. The van der Waals surface area contributed by atoms with Gasteiger partial charge < -0.3 is 10.2 Å². The van der Waals surface area contributed by atoms with Gasteiger partial charge in [0.1, 0.15) is 0 Å². The van der Waals surface area contributed by atoms with E-state index in [1.54, 1.807) is 4.68 Å². The van der Waals surface area contributed by atoms with E-state index in [1.807, 2.05) is 35.2 Å². The molecule has 2 aromatic carbocycles. The van der Waals surface area contributed by atoms with Crippen molar-refractivity contribution < 1.29 is 13.2 Å². The number of benzene rings is 2. The Morgan fingerprint density at radius 2 is 1.68 bits per heavy atom. The van der Waals surface area contributed by atoms with E-state index in [1.165, 1.54) is 12.1 Å². The molecule has 7 heteroatoms. The Morgan fingerprint density at radius 3 is 2.36 bits per heavy atom. The maximum Gasteiger partial charge on any atom is 0.416 e. The summed E-state index contributed by atoms with van der Waals surface area (Å²) in [5, 5.41) is 8.43. The number of fused-ring (bicyclic) bond motifs is 1. The highest BCUT2D eigenvalue weighted by molar-refractivity contribution is 5.92. The number of para-hydroxylation sites is 1. The molecule has 0 aliphatic carbocycles. The summed E-state index contributed by atoms with van der Waals surface area (Å²) in [6.45, 7) is 3.02. The minimum absolute atomic E-state index is 0.528. The van der Waals surface area contributed by atoms with Crippen LogP contribution in [0.3, 0.4) is 0 Å². The number of nitrogens with one attached hydrogen (secondary N) is 1. The number of halogens is 3. The zero-order valence-corrected chi connectivity index (χ0v) is 13.4. The van der Waals surface area contributed by atoms with Gasteiger partial charge >= 0.3 is 6.18 Å². The third-order valence-electron chi connectivity index (χ3n) is 4.40. The lowest BCUT2D eigenvalue weighted by atomic mass is 10.1. The van der Waals surface area contributed by atoms with Crippen LogP contribution in [0.4, 0.5) is 19.0 Å². The van der Waals surface area contributed by atoms with Crippen LogP contribution >= 0.6 is 0 Å². The minimum atomic E-state index is -4.37. The molecule has 0 bridgehead atoms. The normalized spacial score (nSPS) is 15.7. The molecule has 2 heterocycles. The lowest BCUT2D eigenvalue weighted by Crippen LogP contribution is -2.43. The highest BCUT2D eigenvalue weighted by Gasteiger charge is 2.32. The van der Waals surface area contributed by atoms with Crippen molar-refractivity contribution >= 4 is 16.7 Å². The number of alkyl halides is 3. The van der Waals surface area contributed by atoms with Crippen LogP contribution in [0.2, 0.25) is 0 Å². The Kier molecular flexibility index (Phi) is 3.88. The van der Waals surface area contributed by atoms with Gasteiger partial charge in [-0.15, -0.1) is 5.10 Å². The van der Waals surface area contributed by atoms with E-state index in [4.69, 9.17) is 0 Å². The summed E-state index contributed by atoms with van der Waals surface area (Å²) in [5.41, 5.74) is 0.852. The molecule has 25 heavy (non-hydrogen) atoms. The largest absolute Gasteiger partial charge is 0.416 e. The second kappa shape index (κ2) is 6.07. The monoisotopic (exact) mass is 346 g/mol. The van der Waals surface area contributed by atoms with Crippen LogP contribution in [0.1, 0.15) is 5.56 Å². The standard InChI is InChI=1S/C18H17F3N4/c19-18(20,21)13-6-7-16-15(12-13)17(24-10-8-22-9-11-24)23-25(16)14-4-2-1-3-5-14/h1-7,12,22H,8-11H2. The average Bonchev–Trinajstić information content (AvgIpc) is 3.01. The van der Waals surface area contributed by atoms with Crippen LogP contribution < -0.4 is 10.2 Å². The van der Waals surface area contributed by atoms with Crippen molar-refractivity contribution in [2.45, 2.75) is 6.18 Å². The van der Waals surface area contributed by atoms with Crippen molar-refractivity contribution in [1.82, 2.24) is 15.1 Å². The lowest BCUT2D eigenvalue weighted by Gasteiger charge is -2.27. The first-order valence-electron chi connectivity index (χ1n) is 8.15. The third kappa shape index (κ3) is 2.95. The maximum atomic E-state index is 13.2. The summed E-state index contributed by atoms with van der Waals surface area (Å²) in [7, 11) is 0. The molecule has 0 spiro atoms. The Morgan fingerprint density at radius 1 is 0.960 bits per heavy atom. The maximum absolute atomic E-state index is 13.2. The Bertz CT molecular complexity index is 880. The van der Waals surface area contributed by atoms with E-state index in [-0.39, 0.29) is 0 Å². The summed E-state index contributed by atoms with van der Waals surface area (Å²) in [5.74, 6) is 0.603. The van der Waals surface area contributed by atoms with Gasteiger partial charge in [-0.25, -0.2) is 4.68 Å². The number of anilines is 1. The molecule has 1 aliphatic rings. The second-order valence-electron chi connectivity index (χ2n) is 6.04. The molecule has 0 saturated carbocycles. The van der Waals surface area contributed by atoms with E-state index >= 15 is 0 Å². The highest BCUT2D eigenvalue weighted by Crippen LogP contribution is 2.35. The van der Waals surface area contributed by atoms with Gasteiger partial charge in [-0.1, -0.05) is 18.2 Å². The van der Waals surface area contributed by atoms with Gasteiger partial charge in [-0.05, 0) is 30.3 Å². The molecule has 0 amide bonds. The molecule has 1 saturated heterocycles. The predicted octanol–water partition coefficient (Wildman–Crippen LogP) is 3.45. The fourth-order valence-electron chi connectivity index (χ4n) is 3.15. The number of hydrogen-bond acceptors (Lipinski definition) is 3. The average molecular weight is 346 g/mol. The van der Waals surface area contributed by atoms with Crippen LogP contribution in [0, 0.1) is 0 Å². The molecule has 1 N–H and O–H groups in total. The van der Waals surface area contributed by atoms with Crippen LogP contribution in [-0.4, -0.2) is 36.0 Å². The van der Waals surface area contributed by atoms with Gasteiger partial charge in [0.25, 0.3) is 0 Å². The predicted molar refractivity (Wildman–Crippen MR) is 91.2 cm³/mol. The number of hydrogen-bond donors (Lipinski definition) is 1. The van der Waals surface area contributed by atoms with Crippen molar-refractivity contribution in [2.24, 2.45) is 0 Å². The molecule has 0 unspecified atom stereocenters. The van der Waals surface area contributed by atoms with E-state index in [0.717, 1.165) is 37.9 Å². The number of aromatic nitrogens is 2. The quantitative estimate of drug-likeness (QED) is 0.772. The fourth-order valence-corrected chi connectivity index (χ4v) is 3.15. The van der Waals surface area contributed by atoms with Gasteiger partial charge in [0, 0.05) is 31.6 Å². The molecule has 1 aromatic heterocycles. The molecule has 130 valence electrons. The van der Waals surface area contributed by atoms with Crippen molar-refractivity contribution in [3.8, 4) is 5.69 Å². The highest BCUT2D eigenvalue weighted by atomic mass is 19.4. The van der Waals surface area contributed by atoms with Crippen LogP contribution in [0.5, 0.6) is 0 Å². The van der Waals surface area contributed by atoms with Crippen LogP contribution in [-0.2, 0) is 6.18 Å². The second-order valence-corrected chi connectivity index (χ2v) is 6.04. The SMILES string of the molecule is FC(F)(F)c1ccc2c(c1)c(N1CCNCC1)nn2-c1ccccc1. The fraction of sp³-hybridized carbons (Fsp3) is 0.278. The van der Waals surface area contributed by atoms with E-state index in [0.29, 0.717) is 16.7 Å². The Hall–Kier alpha value is -2.54. The summed E-state index contributed by atoms with van der Waals surface area (Å²) < 4.78 is 41.2. The van der Waals surface area contributed by atoms with E-state index < -0.39 is 11.7 Å². The molecular weight excluding hydrogens is 329 g/mol. The van der Waals surface area contributed by atoms with Gasteiger partial charge in [0.05, 0.1) is 16.8 Å². The van der Waals surface area contributed by atoms with Crippen molar-refractivity contribution in [1.29, 1.82) is 0 Å². The molecule has 3 aromatic rings. The summed E-state index contributed by atoms with van der Waals surface area (Å²) in [4.78, 5) is 2.04. The van der Waals surface area contributed by atoms with Gasteiger partial charge in [0.2, 0.25) is 0 Å². The van der Waals surface area contributed by atoms with Gasteiger partial charge in [-0.3, -0.25) is 0 Å². The van der Waals surface area contributed by atoms with Gasteiger partial charge in [-0.2, -0.15) is 13.2 Å². The molecule has 4 nitrogen and oxygen atoms in total. The zero-order chi connectivity index (χ0) is 17.4. The number of piperazine rings is 1. The number of rotatable bonds is 2. The molecular formula is C18H17F3N4. The van der Waals surface area contributed by atoms with E-state index in [2.05, 4.69) is 10.4 Å². The summed E-state index contributed by atoms with van der Waals surface area (Å²) in [6.07, 6.45) is -4.37. The van der Waals surface area contributed by atoms with Crippen molar-refractivity contribution in [3.05, 3.63) is 54.1 Å². The topological polar surface area (TPSA) is 33.1 Å². The molecule has 4 rings (SSSR count). The molecule has 0 atom stereocenters. The van der Waals surface area contributed by atoms with E-state index in [9.17, 15) is 13.2 Å². The van der Waals surface area contributed by atoms with Crippen molar-refractivity contribution in [2.75, 3.05) is 31.1 Å². The molecule has 1 aliphatic heterocycles. The Balaban J connectivity index is 1.92. The molecule has 1 fully saturated rings. The smallest absolute Gasteiger partial charge is 0.352 e. The third-order valence-corrected chi connectivity index (χ3v) is 4.40. The summed E-state index contributed by atoms with van der Waals surface area (Å²) in [6, 6.07) is 13.3.